The summed E-state index contributed by atoms with van der Waals surface area (Å²) in [7, 11) is 0. The lowest BCUT2D eigenvalue weighted by atomic mass is 9.87. The maximum atomic E-state index is 12.9. The van der Waals surface area contributed by atoms with Gasteiger partial charge in [-0.1, -0.05) is 39.0 Å². The third-order valence-corrected chi connectivity index (χ3v) is 7.73. The molecule has 2 aromatic rings. The summed E-state index contributed by atoms with van der Waals surface area (Å²) >= 11 is 0. The molecule has 3 aliphatic rings. The Morgan fingerprint density at radius 3 is 2.57 bits per heavy atom. The van der Waals surface area contributed by atoms with Crippen LogP contribution in [0.4, 0.5) is 0 Å². The summed E-state index contributed by atoms with van der Waals surface area (Å²) in [5.74, 6) is 1.68. The molecule has 1 heterocycles. The highest BCUT2D eigenvalue weighted by Gasteiger charge is 2.27. The molecule has 0 unspecified atom stereocenters. The summed E-state index contributed by atoms with van der Waals surface area (Å²) in [5.41, 5.74) is 5.25. The van der Waals surface area contributed by atoms with Gasteiger partial charge in [0, 0.05) is 37.8 Å². The van der Waals surface area contributed by atoms with Crippen molar-refractivity contribution in [2.75, 3.05) is 26.3 Å². The monoisotopic (exact) mass is 504 g/mol. The van der Waals surface area contributed by atoms with Crippen LogP contribution in [0, 0.1) is 11.3 Å². The molecule has 37 heavy (non-hydrogen) atoms. The van der Waals surface area contributed by atoms with E-state index in [2.05, 4.69) is 49.2 Å². The van der Waals surface area contributed by atoms with Crippen LogP contribution in [-0.2, 0) is 24.1 Å². The van der Waals surface area contributed by atoms with E-state index in [0.717, 1.165) is 63.5 Å². The molecule has 1 aliphatic heterocycles. The number of hydrogen-bond donors (Lipinski definition) is 1. The second-order valence-corrected chi connectivity index (χ2v) is 12.7. The molecular weight excluding hydrogens is 460 g/mol. The molecule has 1 saturated carbocycles. The topological polar surface area (TPSA) is 50.8 Å². The first-order chi connectivity index (χ1) is 17.8. The van der Waals surface area contributed by atoms with E-state index in [4.69, 9.17) is 9.47 Å². The third kappa shape index (κ3) is 7.81. The Balaban J connectivity index is 1.13. The Morgan fingerprint density at radius 2 is 1.86 bits per heavy atom. The molecule has 200 valence electrons. The lowest BCUT2D eigenvalue weighted by molar-refractivity contribution is 0.0679. The fourth-order valence-corrected chi connectivity index (χ4v) is 5.75. The molecule has 2 fully saturated rings. The van der Waals surface area contributed by atoms with E-state index in [-0.39, 0.29) is 18.1 Å². The summed E-state index contributed by atoms with van der Waals surface area (Å²) in [6.07, 6.45) is 8.05. The van der Waals surface area contributed by atoms with Gasteiger partial charge in [0.1, 0.15) is 12.4 Å². The highest BCUT2D eigenvalue weighted by atomic mass is 16.5. The van der Waals surface area contributed by atoms with E-state index in [1.54, 1.807) is 0 Å². The smallest absolute Gasteiger partial charge is 0.251 e. The van der Waals surface area contributed by atoms with Gasteiger partial charge in [0.25, 0.3) is 5.91 Å². The second kappa shape index (κ2) is 11.6. The van der Waals surface area contributed by atoms with Crippen molar-refractivity contribution in [3.05, 3.63) is 64.7 Å². The predicted octanol–water partition coefficient (Wildman–Crippen LogP) is 5.79. The minimum atomic E-state index is -0.00588. The lowest BCUT2D eigenvalue weighted by Gasteiger charge is -2.31. The SMILES string of the molecule is CC(C)(C)CN(Cc1ccc2c(c1)CC[C@H](NC(=O)c1ccc(OC[C@@H]3CCCO3)cc1)C2)CC1CC1. The van der Waals surface area contributed by atoms with Crippen LogP contribution in [0.15, 0.2) is 42.5 Å². The number of nitrogens with one attached hydrogen (secondary N) is 1. The molecule has 2 aliphatic carbocycles. The Labute approximate surface area is 222 Å². The zero-order valence-corrected chi connectivity index (χ0v) is 22.9. The number of carbonyl (C=O) groups is 1. The molecule has 5 nitrogen and oxygen atoms in total. The first-order valence-corrected chi connectivity index (χ1v) is 14.3. The van der Waals surface area contributed by atoms with Crippen LogP contribution in [0.2, 0.25) is 0 Å². The normalized spacial score (nSPS) is 21.6. The summed E-state index contributed by atoms with van der Waals surface area (Å²) in [4.78, 5) is 15.6. The molecule has 0 bridgehead atoms. The molecule has 1 saturated heterocycles. The number of fused-ring (bicyclic) bond motifs is 1. The van der Waals surface area contributed by atoms with Crippen LogP contribution in [0.1, 0.15) is 79.9 Å². The average Bonchev–Trinajstić information content (AvgIpc) is 3.51. The highest BCUT2D eigenvalue weighted by molar-refractivity contribution is 5.94. The molecule has 5 heteroatoms. The van der Waals surface area contributed by atoms with Crippen molar-refractivity contribution in [1.29, 1.82) is 0 Å². The van der Waals surface area contributed by atoms with Gasteiger partial charge in [-0.3, -0.25) is 9.69 Å². The second-order valence-electron chi connectivity index (χ2n) is 12.7. The molecule has 0 aromatic heterocycles. The van der Waals surface area contributed by atoms with Crippen LogP contribution in [0.3, 0.4) is 0 Å². The van der Waals surface area contributed by atoms with E-state index in [1.807, 2.05) is 24.3 Å². The zero-order chi connectivity index (χ0) is 25.8. The van der Waals surface area contributed by atoms with Gasteiger partial charge in [-0.25, -0.2) is 0 Å². The van der Waals surface area contributed by atoms with Crippen LogP contribution >= 0.6 is 0 Å². The molecule has 0 radical (unpaired) electrons. The van der Waals surface area contributed by atoms with E-state index >= 15 is 0 Å². The fraction of sp³-hybridized carbons (Fsp3) is 0.594. The fourth-order valence-electron chi connectivity index (χ4n) is 5.75. The largest absolute Gasteiger partial charge is 0.491 e. The van der Waals surface area contributed by atoms with E-state index in [0.29, 0.717) is 17.6 Å². The molecule has 1 N–H and O–H groups in total. The Bertz CT molecular complexity index is 1050. The maximum Gasteiger partial charge on any atom is 0.251 e. The maximum absolute atomic E-state index is 12.9. The molecule has 2 atom stereocenters. The number of nitrogens with zero attached hydrogens (tertiary/aromatic N) is 1. The summed E-state index contributed by atoms with van der Waals surface area (Å²) < 4.78 is 11.4. The van der Waals surface area contributed by atoms with Crippen molar-refractivity contribution in [2.45, 2.75) is 84.4 Å². The first-order valence-electron chi connectivity index (χ1n) is 14.3. The number of carbonyl (C=O) groups excluding carboxylic acids is 1. The lowest BCUT2D eigenvalue weighted by Crippen LogP contribution is -2.39. The highest BCUT2D eigenvalue weighted by Crippen LogP contribution is 2.32. The van der Waals surface area contributed by atoms with Crippen molar-refractivity contribution in [3.8, 4) is 5.75 Å². The molecule has 1 amide bonds. The van der Waals surface area contributed by atoms with Crippen LogP contribution < -0.4 is 10.1 Å². The summed E-state index contributed by atoms with van der Waals surface area (Å²) in [6.45, 7) is 11.8. The average molecular weight is 505 g/mol. The Kier molecular flexibility index (Phi) is 8.21. The van der Waals surface area contributed by atoms with E-state index in [1.165, 1.54) is 36.1 Å². The quantitative estimate of drug-likeness (QED) is 0.445. The van der Waals surface area contributed by atoms with Gasteiger partial charge in [-0.15, -0.1) is 0 Å². The van der Waals surface area contributed by atoms with Gasteiger partial charge >= 0.3 is 0 Å². The first kappa shape index (κ1) is 26.2. The van der Waals surface area contributed by atoms with Gasteiger partial charge < -0.3 is 14.8 Å². The van der Waals surface area contributed by atoms with Crippen LogP contribution in [-0.4, -0.2) is 49.3 Å². The van der Waals surface area contributed by atoms with Crippen molar-refractivity contribution >= 4 is 5.91 Å². The van der Waals surface area contributed by atoms with Crippen molar-refractivity contribution < 1.29 is 14.3 Å². The minimum Gasteiger partial charge on any atom is -0.491 e. The van der Waals surface area contributed by atoms with E-state index in [9.17, 15) is 4.79 Å². The van der Waals surface area contributed by atoms with Crippen molar-refractivity contribution in [2.24, 2.45) is 11.3 Å². The number of amides is 1. The minimum absolute atomic E-state index is 0.00588. The van der Waals surface area contributed by atoms with Gasteiger partial charge in [-0.2, -0.15) is 0 Å². The predicted molar refractivity (Wildman–Crippen MR) is 148 cm³/mol. The van der Waals surface area contributed by atoms with Crippen molar-refractivity contribution in [1.82, 2.24) is 10.2 Å². The van der Waals surface area contributed by atoms with Gasteiger partial charge in [-0.05, 0) is 97.2 Å². The zero-order valence-electron chi connectivity index (χ0n) is 22.9. The summed E-state index contributed by atoms with van der Waals surface area (Å²) in [6, 6.07) is 14.7. The number of benzene rings is 2. The van der Waals surface area contributed by atoms with Crippen molar-refractivity contribution in [3.63, 3.8) is 0 Å². The number of ether oxygens (including phenoxy) is 2. The standard InChI is InChI=1S/C32H44N2O3/c1-32(2,3)22-34(19-23-6-7-23)20-24-8-9-27-18-28(13-10-26(27)17-24)33-31(35)25-11-14-29(15-12-25)37-21-30-5-4-16-36-30/h8-9,11-12,14-15,17,23,28,30H,4-7,10,13,16,18-22H2,1-3H3,(H,33,35)/t28-,30-/m0/s1. The number of hydrogen-bond acceptors (Lipinski definition) is 4. The Hall–Kier alpha value is -2.37. The molecule has 2 aromatic carbocycles. The molecular formula is C32H44N2O3. The third-order valence-electron chi connectivity index (χ3n) is 7.73. The van der Waals surface area contributed by atoms with Gasteiger partial charge in [0.2, 0.25) is 0 Å². The summed E-state index contributed by atoms with van der Waals surface area (Å²) in [5, 5.41) is 3.27. The Morgan fingerprint density at radius 1 is 1.05 bits per heavy atom. The van der Waals surface area contributed by atoms with Gasteiger partial charge in [0.05, 0.1) is 6.10 Å². The number of rotatable bonds is 10. The van der Waals surface area contributed by atoms with E-state index < -0.39 is 0 Å². The number of aryl methyl sites for hydroxylation is 1. The van der Waals surface area contributed by atoms with Crippen LogP contribution in [0.5, 0.6) is 5.75 Å². The molecule has 5 rings (SSSR count). The van der Waals surface area contributed by atoms with Crippen LogP contribution in [0.25, 0.3) is 0 Å². The molecule has 0 spiro atoms. The van der Waals surface area contributed by atoms with Gasteiger partial charge in [0.15, 0.2) is 0 Å².